The molecule has 6 heteroatoms. The van der Waals surface area contributed by atoms with Gasteiger partial charge in [0.15, 0.2) is 5.11 Å². The summed E-state index contributed by atoms with van der Waals surface area (Å²) >= 11 is 5.83. The summed E-state index contributed by atoms with van der Waals surface area (Å²) in [6, 6.07) is 21.5. The predicted molar refractivity (Wildman–Crippen MR) is 139 cm³/mol. The second-order valence-electron chi connectivity index (χ2n) is 8.93. The van der Waals surface area contributed by atoms with Crippen LogP contribution in [0.2, 0.25) is 0 Å². The monoisotopic (exact) mass is 470 g/mol. The van der Waals surface area contributed by atoms with E-state index in [9.17, 15) is 4.39 Å². The molecule has 0 bridgehead atoms. The topological polar surface area (TPSA) is 33.1 Å². The average Bonchev–Trinajstić information content (AvgIpc) is 3.31. The van der Waals surface area contributed by atoms with Crippen LogP contribution in [-0.2, 0) is 0 Å². The molecule has 1 fully saturated rings. The number of hydrogen-bond acceptors (Lipinski definition) is 2. The number of pyridine rings is 1. The van der Waals surface area contributed by atoms with E-state index in [1.807, 2.05) is 24.3 Å². The molecule has 5 rings (SSSR count). The van der Waals surface area contributed by atoms with Crippen molar-refractivity contribution in [3.63, 3.8) is 0 Å². The highest BCUT2D eigenvalue weighted by Crippen LogP contribution is 2.44. The lowest BCUT2D eigenvalue weighted by Crippen LogP contribution is -2.29. The van der Waals surface area contributed by atoms with E-state index in [1.54, 1.807) is 19.2 Å². The summed E-state index contributed by atoms with van der Waals surface area (Å²) in [6.07, 6.45) is 1.80. The Morgan fingerprint density at radius 1 is 0.912 bits per heavy atom. The molecule has 4 aromatic rings. The minimum Gasteiger partial charge on any atom is -0.351 e. The van der Waals surface area contributed by atoms with E-state index in [0.717, 1.165) is 34.0 Å². The molecule has 2 aromatic heterocycles. The standard InChI is InChI=1S/C28H27FN4S/c1-17-8-7-9-21(14-17)32-19(3)16-23(20(32)4)27-26(25-10-5-6-13-30-25)31-28(34)33(27)22-11-12-24(29)18(2)15-22/h5-16,26-27H,1-4H3,(H,31,34)/t26-,27-/m1/s1. The number of aryl methyl sites for hydroxylation is 3. The van der Waals surface area contributed by atoms with Crippen molar-refractivity contribution in [3.8, 4) is 5.69 Å². The van der Waals surface area contributed by atoms with Crippen molar-refractivity contribution < 1.29 is 4.39 Å². The smallest absolute Gasteiger partial charge is 0.174 e. The zero-order valence-electron chi connectivity index (χ0n) is 19.7. The third-order valence-electron chi connectivity index (χ3n) is 6.57. The number of anilines is 1. The maximum Gasteiger partial charge on any atom is 0.174 e. The first-order valence-corrected chi connectivity index (χ1v) is 11.8. The fourth-order valence-electron chi connectivity index (χ4n) is 4.98. The van der Waals surface area contributed by atoms with Gasteiger partial charge in [0, 0.05) is 29.0 Å². The molecule has 0 amide bonds. The first-order valence-electron chi connectivity index (χ1n) is 11.4. The number of benzene rings is 2. The van der Waals surface area contributed by atoms with Crippen LogP contribution >= 0.6 is 12.2 Å². The molecule has 1 saturated heterocycles. The Morgan fingerprint density at radius 3 is 2.44 bits per heavy atom. The maximum atomic E-state index is 14.1. The lowest BCUT2D eigenvalue weighted by atomic mass is 9.96. The van der Waals surface area contributed by atoms with Crippen LogP contribution in [-0.4, -0.2) is 14.7 Å². The van der Waals surface area contributed by atoms with Crippen molar-refractivity contribution in [1.82, 2.24) is 14.9 Å². The number of aromatic nitrogens is 2. The molecule has 34 heavy (non-hydrogen) atoms. The van der Waals surface area contributed by atoms with E-state index >= 15 is 0 Å². The van der Waals surface area contributed by atoms with Gasteiger partial charge in [-0.1, -0.05) is 18.2 Å². The molecule has 0 saturated carbocycles. The largest absolute Gasteiger partial charge is 0.351 e. The second-order valence-corrected chi connectivity index (χ2v) is 9.32. The van der Waals surface area contributed by atoms with Gasteiger partial charge in [0.2, 0.25) is 0 Å². The van der Waals surface area contributed by atoms with Crippen LogP contribution in [0.4, 0.5) is 10.1 Å². The predicted octanol–water partition coefficient (Wildman–Crippen LogP) is 6.42. The van der Waals surface area contributed by atoms with E-state index in [1.165, 1.54) is 11.6 Å². The van der Waals surface area contributed by atoms with Crippen LogP contribution in [0.5, 0.6) is 0 Å². The number of hydrogen-bond donors (Lipinski definition) is 1. The second kappa shape index (κ2) is 8.69. The normalized spacial score (nSPS) is 17.8. The van der Waals surface area contributed by atoms with Crippen LogP contribution in [0.15, 0.2) is 72.9 Å². The molecule has 2 atom stereocenters. The molecule has 4 nitrogen and oxygen atoms in total. The molecule has 0 radical (unpaired) electrons. The van der Waals surface area contributed by atoms with Crippen LogP contribution in [0.3, 0.4) is 0 Å². The highest BCUT2D eigenvalue weighted by molar-refractivity contribution is 7.80. The number of halogens is 1. The molecule has 1 aliphatic rings. The number of thiocarbonyl (C=S) groups is 1. The van der Waals surface area contributed by atoms with Crippen molar-refractivity contribution in [2.75, 3.05) is 4.90 Å². The van der Waals surface area contributed by atoms with Crippen molar-refractivity contribution in [2.24, 2.45) is 0 Å². The van der Waals surface area contributed by atoms with Gasteiger partial charge < -0.3 is 14.8 Å². The lowest BCUT2D eigenvalue weighted by molar-refractivity contribution is 0.564. The van der Waals surface area contributed by atoms with E-state index in [0.29, 0.717) is 10.7 Å². The molecular formula is C28H27FN4S. The minimum absolute atomic E-state index is 0.142. The van der Waals surface area contributed by atoms with Gasteiger partial charge in [0.1, 0.15) is 5.82 Å². The molecular weight excluding hydrogens is 443 g/mol. The van der Waals surface area contributed by atoms with Crippen LogP contribution in [0.25, 0.3) is 5.69 Å². The fraction of sp³-hybridized carbons (Fsp3) is 0.214. The zero-order valence-corrected chi connectivity index (χ0v) is 20.5. The van der Waals surface area contributed by atoms with Crippen molar-refractivity contribution in [2.45, 2.75) is 39.8 Å². The van der Waals surface area contributed by atoms with Gasteiger partial charge in [-0.05, 0) is 105 Å². The summed E-state index contributed by atoms with van der Waals surface area (Å²) in [7, 11) is 0. The molecule has 0 unspecified atom stereocenters. The molecule has 1 aliphatic heterocycles. The van der Waals surface area contributed by atoms with Crippen LogP contribution in [0.1, 0.15) is 45.9 Å². The third-order valence-corrected chi connectivity index (χ3v) is 6.88. The first kappa shape index (κ1) is 22.3. The molecule has 3 heterocycles. The molecule has 1 N–H and O–H groups in total. The third kappa shape index (κ3) is 3.78. The Morgan fingerprint density at radius 2 is 1.74 bits per heavy atom. The first-order chi connectivity index (χ1) is 16.3. The minimum atomic E-state index is -0.225. The quantitative estimate of drug-likeness (QED) is 0.349. The van der Waals surface area contributed by atoms with Gasteiger partial charge in [0.25, 0.3) is 0 Å². The van der Waals surface area contributed by atoms with Gasteiger partial charge in [-0.2, -0.15) is 0 Å². The Bertz CT molecular complexity index is 1380. The van der Waals surface area contributed by atoms with E-state index in [2.05, 4.69) is 70.9 Å². The number of rotatable bonds is 4. The lowest BCUT2D eigenvalue weighted by Gasteiger charge is -2.28. The van der Waals surface area contributed by atoms with Crippen molar-refractivity contribution in [3.05, 3.63) is 113 Å². The van der Waals surface area contributed by atoms with Crippen molar-refractivity contribution >= 4 is 23.0 Å². The summed E-state index contributed by atoms with van der Waals surface area (Å²) in [5, 5.41) is 4.10. The van der Waals surface area contributed by atoms with Gasteiger partial charge >= 0.3 is 0 Å². The summed E-state index contributed by atoms with van der Waals surface area (Å²) in [5.74, 6) is -0.225. The van der Waals surface area contributed by atoms with Gasteiger partial charge in [0.05, 0.1) is 17.8 Å². The van der Waals surface area contributed by atoms with Crippen LogP contribution in [0, 0.1) is 33.5 Å². The van der Waals surface area contributed by atoms with E-state index in [-0.39, 0.29) is 17.9 Å². The molecule has 172 valence electrons. The molecule has 0 spiro atoms. The zero-order chi connectivity index (χ0) is 24.0. The Balaban J connectivity index is 1.69. The SMILES string of the molecule is Cc1cccc(-n2c(C)cc([C@@H]3[C@@H](c4ccccn4)NC(=S)N3c3ccc(F)c(C)c3)c2C)c1. The van der Waals surface area contributed by atoms with Crippen LogP contribution < -0.4 is 10.2 Å². The Kier molecular flexibility index (Phi) is 5.70. The summed E-state index contributed by atoms with van der Waals surface area (Å²) in [6.45, 7) is 8.16. The Hall–Kier alpha value is -3.51. The fourth-order valence-corrected chi connectivity index (χ4v) is 5.33. The van der Waals surface area contributed by atoms with Gasteiger partial charge in [-0.15, -0.1) is 0 Å². The highest BCUT2D eigenvalue weighted by Gasteiger charge is 2.42. The van der Waals surface area contributed by atoms with E-state index in [4.69, 9.17) is 12.2 Å². The maximum absolute atomic E-state index is 14.1. The summed E-state index contributed by atoms with van der Waals surface area (Å²) in [4.78, 5) is 6.74. The van der Waals surface area contributed by atoms with Gasteiger partial charge in [-0.3, -0.25) is 4.98 Å². The van der Waals surface area contributed by atoms with E-state index < -0.39 is 0 Å². The highest BCUT2D eigenvalue weighted by atomic mass is 32.1. The molecule has 2 aromatic carbocycles. The Labute approximate surface area is 205 Å². The average molecular weight is 471 g/mol. The number of nitrogens with zero attached hydrogens (tertiary/aromatic N) is 3. The summed E-state index contributed by atoms with van der Waals surface area (Å²) in [5.41, 5.74) is 8.15. The number of nitrogens with one attached hydrogen (secondary N) is 1. The van der Waals surface area contributed by atoms with Crippen molar-refractivity contribution in [1.29, 1.82) is 0 Å². The summed E-state index contributed by atoms with van der Waals surface area (Å²) < 4.78 is 16.4. The van der Waals surface area contributed by atoms with Gasteiger partial charge in [-0.25, -0.2) is 4.39 Å². The molecule has 0 aliphatic carbocycles.